The third-order valence-corrected chi connectivity index (χ3v) is 4.35. The van der Waals surface area contributed by atoms with E-state index in [0.717, 1.165) is 16.6 Å². The van der Waals surface area contributed by atoms with Gasteiger partial charge in [-0.3, -0.25) is 4.79 Å². The first-order chi connectivity index (χ1) is 10.8. The summed E-state index contributed by atoms with van der Waals surface area (Å²) in [5.41, 5.74) is 6.36. The number of nitrogens with zero attached hydrogens (tertiary/aromatic N) is 1. The quantitative estimate of drug-likeness (QED) is 0.798. The normalized spacial score (nSPS) is 21.3. The first-order valence-electron chi connectivity index (χ1n) is 6.80. The maximum absolute atomic E-state index is 12.6. The summed E-state index contributed by atoms with van der Waals surface area (Å²) < 4.78 is 38.8. The number of benzene rings is 2. The van der Waals surface area contributed by atoms with E-state index in [9.17, 15) is 18.0 Å². The van der Waals surface area contributed by atoms with Crippen molar-refractivity contribution < 1.29 is 18.0 Å². The van der Waals surface area contributed by atoms with Crippen LogP contribution in [-0.4, -0.2) is 11.9 Å². The number of nitrogens with two attached hydrogens (primary N) is 1. The van der Waals surface area contributed by atoms with Gasteiger partial charge in [0.25, 0.3) is 0 Å². The molecule has 3 rings (SSSR count). The summed E-state index contributed by atoms with van der Waals surface area (Å²) in [5, 5.41) is 0. The fraction of sp³-hybridized carbons (Fsp3) is 0.188. The van der Waals surface area contributed by atoms with E-state index < -0.39 is 23.8 Å². The molecule has 0 aliphatic carbocycles. The van der Waals surface area contributed by atoms with Crippen LogP contribution in [0, 0.1) is 0 Å². The van der Waals surface area contributed by atoms with Crippen LogP contribution in [0.1, 0.15) is 17.2 Å². The maximum atomic E-state index is 12.6. The minimum atomic E-state index is -4.39. The fourth-order valence-electron chi connectivity index (χ4n) is 2.63. The molecule has 7 heteroatoms. The number of anilines is 1. The lowest BCUT2D eigenvalue weighted by atomic mass is 9.88. The molecule has 3 nitrogen and oxygen atoms in total. The summed E-state index contributed by atoms with van der Waals surface area (Å²) >= 11 is 3.31. The monoisotopic (exact) mass is 384 g/mol. The molecule has 0 saturated carbocycles. The van der Waals surface area contributed by atoms with Gasteiger partial charge in [-0.05, 0) is 42.0 Å². The summed E-state index contributed by atoms with van der Waals surface area (Å²) in [5.74, 6) is -0.253. The molecular weight excluding hydrogens is 373 g/mol. The third-order valence-electron chi connectivity index (χ3n) is 3.83. The Bertz CT molecular complexity index is 728. The zero-order valence-corrected chi connectivity index (χ0v) is 13.3. The molecule has 1 amide bonds. The van der Waals surface area contributed by atoms with Crippen molar-refractivity contribution in [2.45, 2.75) is 18.3 Å². The molecule has 2 aromatic rings. The number of rotatable bonds is 2. The number of alkyl halides is 3. The molecule has 2 aromatic carbocycles. The highest BCUT2D eigenvalue weighted by Crippen LogP contribution is 2.39. The molecule has 2 atom stereocenters. The van der Waals surface area contributed by atoms with E-state index in [1.807, 2.05) is 0 Å². The lowest BCUT2D eigenvalue weighted by Gasteiger charge is -2.45. The van der Waals surface area contributed by atoms with Gasteiger partial charge in [0, 0.05) is 10.2 Å². The SMILES string of the molecule is N[C@@H]1C(=O)N(c2ccc(Br)cc2)[C@@H]1c1ccc(C(F)(F)F)cc1. The lowest BCUT2D eigenvalue weighted by molar-refractivity contribution is -0.137. The largest absolute Gasteiger partial charge is 0.416 e. The number of carbonyl (C=O) groups is 1. The van der Waals surface area contributed by atoms with Crippen LogP contribution in [0.5, 0.6) is 0 Å². The Morgan fingerprint density at radius 2 is 1.57 bits per heavy atom. The molecule has 2 N–H and O–H groups in total. The van der Waals surface area contributed by atoms with E-state index in [2.05, 4.69) is 15.9 Å². The van der Waals surface area contributed by atoms with Crippen LogP contribution in [0.2, 0.25) is 0 Å². The fourth-order valence-corrected chi connectivity index (χ4v) is 2.89. The molecule has 0 spiro atoms. The van der Waals surface area contributed by atoms with Gasteiger partial charge in [-0.15, -0.1) is 0 Å². The Morgan fingerprint density at radius 3 is 2.09 bits per heavy atom. The van der Waals surface area contributed by atoms with Crippen molar-refractivity contribution in [3.8, 4) is 0 Å². The van der Waals surface area contributed by atoms with Gasteiger partial charge in [0.2, 0.25) is 5.91 Å². The molecule has 1 aliphatic rings. The highest BCUT2D eigenvalue weighted by atomic mass is 79.9. The lowest BCUT2D eigenvalue weighted by Crippen LogP contribution is -2.63. The minimum Gasteiger partial charge on any atom is -0.318 e. The Labute approximate surface area is 139 Å². The minimum absolute atomic E-state index is 0.253. The number of hydrogen-bond acceptors (Lipinski definition) is 2. The second-order valence-electron chi connectivity index (χ2n) is 5.28. The molecule has 1 fully saturated rings. The molecule has 0 unspecified atom stereocenters. The number of amides is 1. The van der Waals surface area contributed by atoms with Crippen molar-refractivity contribution in [3.63, 3.8) is 0 Å². The van der Waals surface area contributed by atoms with Gasteiger partial charge in [-0.25, -0.2) is 0 Å². The van der Waals surface area contributed by atoms with E-state index in [1.165, 1.54) is 17.0 Å². The smallest absolute Gasteiger partial charge is 0.318 e. The van der Waals surface area contributed by atoms with E-state index in [0.29, 0.717) is 11.3 Å². The van der Waals surface area contributed by atoms with Crippen molar-refractivity contribution in [1.82, 2.24) is 0 Å². The summed E-state index contributed by atoms with van der Waals surface area (Å²) in [6, 6.07) is 10.6. The van der Waals surface area contributed by atoms with Gasteiger partial charge >= 0.3 is 6.18 Å². The Kier molecular flexibility index (Phi) is 3.93. The third kappa shape index (κ3) is 2.86. The van der Waals surface area contributed by atoms with Gasteiger partial charge in [-0.2, -0.15) is 13.2 Å². The number of halogens is 4. The molecule has 1 saturated heterocycles. The summed E-state index contributed by atoms with van der Waals surface area (Å²) in [7, 11) is 0. The maximum Gasteiger partial charge on any atom is 0.416 e. The highest BCUT2D eigenvalue weighted by molar-refractivity contribution is 9.10. The summed E-state index contributed by atoms with van der Waals surface area (Å²) in [4.78, 5) is 13.6. The molecular formula is C16H12BrF3N2O. The zero-order valence-electron chi connectivity index (χ0n) is 11.7. The average molecular weight is 385 g/mol. The second kappa shape index (κ2) is 5.65. The van der Waals surface area contributed by atoms with Gasteiger partial charge < -0.3 is 10.6 Å². The Morgan fingerprint density at radius 1 is 1.00 bits per heavy atom. The average Bonchev–Trinajstić information content (AvgIpc) is 2.52. The van der Waals surface area contributed by atoms with Crippen LogP contribution < -0.4 is 10.6 Å². The number of hydrogen-bond donors (Lipinski definition) is 1. The van der Waals surface area contributed by atoms with Crippen molar-refractivity contribution >= 4 is 27.5 Å². The van der Waals surface area contributed by atoms with Crippen LogP contribution in [0.3, 0.4) is 0 Å². The predicted molar refractivity (Wildman–Crippen MR) is 83.8 cm³/mol. The molecule has 1 aliphatic heterocycles. The highest BCUT2D eigenvalue weighted by Gasteiger charge is 2.46. The van der Waals surface area contributed by atoms with Crippen LogP contribution in [0.15, 0.2) is 53.0 Å². The predicted octanol–water partition coefficient (Wildman–Crippen LogP) is 3.88. The van der Waals surface area contributed by atoms with Crippen LogP contribution >= 0.6 is 15.9 Å². The van der Waals surface area contributed by atoms with E-state index in [1.54, 1.807) is 24.3 Å². The summed E-state index contributed by atoms with van der Waals surface area (Å²) in [6.45, 7) is 0. The van der Waals surface area contributed by atoms with Crippen molar-refractivity contribution in [2.24, 2.45) is 5.73 Å². The summed E-state index contributed by atoms with van der Waals surface area (Å²) in [6.07, 6.45) is -4.39. The number of β-lactam (4-membered cyclic amide) rings is 1. The number of carbonyl (C=O) groups excluding carboxylic acids is 1. The topological polar surface area (TPSA) is 46.3 Å². The van der Waals surface area contributed by atoms with E-state index >= 15 is 0 Å². The first kappa shape index (κ1) is 16.0. The molecule has 1 heterocycles. The zero-order chi connectivity index (χ0) is 16.8. The first-order valence-corrected chi connectivity index (χ1v) is 7.60. The Balaban J connectivity index is 1.91. The van der Waals surface area contributed by atoms with Gasteiger partial charge in [0.1, 0.15) is 6.04 Å². The van der Waals surface area contributed by atoms with Crippen molar-refractivity contribution in [3.05, 3.63) is 64.1 Å². The molecule has 0 aromatic heterocycles. The van der Waals surface area contributed by atoms with Gasteiger partial charge in [0.15, 0.2) is 0 Å². The van der Waals surface area contributed by atoms with E-state index in [-0.39, 0.29) is 5.91 Å². The van der Waals surface area contributed by atoms with Crippen LogP contribution in [-0.2, 0) is 11.0 Å². The molecule has 0 radical (unpaired) electrons. The van der Waals surface area contributed by atoms with Gasteiger partial charge in [-0.1, -0.05) is 28.1 Å². The van der Waals surface area contributed by atoms with Crippen LogP contribution in [0.25, 0.3) is 0 Å². The molecule has 23 heavy (non-hydrogen) atoms. The Hall–Kier alpha value is -1.86. The second-order valence-corrected chi connectivity index (χ2v) is 6.19. The van der Waals surface area contributed by atoms with Gasteiger partial charge in [0.05, 0.1) is 11.6 Å². The van der Waals surface area contributed by atoms with Crippen LogP contribution in [0.4, 0.5) is 18.9 Å². The van der Waals surface area contributed by atoms with Crippen molar-refractivity contribution in [2.75, 3.05) is 4.90 Å². The standard InChI is InChI=1S/C16H12BrF3N2O/c17-11-5-7-12(8-6-11)22-14(13(21)15(22)23)9-1-3-10(4-2-9)16(18,19)20/h1-8,13-14H,21H2/t13-,14+/m0/s1. The van der Waals surface area contributed by atoms with Crippen molar-refractivity contribution in [1.29, 1.82) is 0 Å². The molecule has 0 bridgehead atoms. The van der Waals surface area contributed by atoms with E-state index in [4.69, 9.17) is 5.73 Å². The molecule has 120 valence electrons.